The van der Waals surface area contributed by atoms with Gasteiger partial charge in [-0.2, -0.15) is 0 Å². The lowest BCUT2D eigenvalue weighted by Gasteiger charge is -2.34. The number of thiazole rings is 1. The van der Waals surface area contributed by atoms with Gasteiger partial charge in [0.1, 0.15) is 5.01 Å². The molecule has 4 rings (SSSR count). The van der Waals surface area contributed by atoms with E-state index in [9.17, 15) is 9.59 Å². The molecule has 1 aliphatic heterocycles. The molecule has 0 aliphatic carbocycles. The maximum Gasteiger partial charge on any atom is 0.319 e. The zero-order valence-electron chi connectivity index (χ0n) is 18.9. The Morgan fingerprint density at radius 3 is 2.44 bits per heavy atom. The summed E-state index contributed by atoms with van der Waals surface area (Å²) in [6.45, 7) is 8.75. The Kier molecular flexibility index (Phi) is 6.74. The monoisotopic (exact) mass is 450 g/mol. The number of aryl methyl sites for hydroxylation is 1. The van der Waals surface area contributed by atoms with Crippen LogP contribution in [0.1, 0.15) is 32.3 Å². The molecule has 3 aromatic rings. The van der Waals surface area contributed by atoms with Crippen LogP contribution in [0.4, 0.5) is 10.5 Å². The quantitative estimate of drug-likeness (QED) is 0.567. The lowest BCUT2D eigenvalue weighted by atomic mass is 9.96. The number of hydrogen-bond acceptors (Lipinski definition) is 4. The van der Waals surface area contributed by atoms with Gasteiger partial charge in [0.25, 0.3) is 0 Å². The van der Waals surface area contributed by atoms with Crippen molar-refractivity contribution in [1.82, 2.24) is 14.8 Å². The van der Waals surface area contributed by atoms with Gasteiger partial charge in [0.2, 0.25) is 5.91 Å². The van der Waals surface area contributed by atoms with Crippen LogP contribution in [0.5, 0.6) is 0 Å². The normalized spacial score (nSPS) is 14.5. The standard InChI is InChI=1S/C25H30N4O2S/c1-4-28(5-2)25(31)29-14-12-18(13-15-29)23(30)26-20-9-7-19(8-10-20)24-27-21-11-6-17(3)16-22(21)32-24/h6-11,16,18H,4-5,12-15H2,1-3H3,(H,26,30). The highest BCUT2D eigenvalue weighted by molar-refractivity contribution is 7.21. The third-order valence-corrected chi connectivity index (χ3v) is 7.18. The fourth-order valence-corrected chi connectivity index (χ4v) is 5.19. The first-order valence-corrected chi connectivity index (χ1v) is 12.1. The first-order valence-electron chi connectivity index (χ1n) is 11.3. The molecule has 1 fully saturated rings. The predicted molar refractivity (Wildman–Crippen MR) is 131 cm³/mol. The van der Waals surface area contributed by atoms with Crippen molar-refractivity contribution >= 4 is 39.2 Å². The average molecular weight is 451 g/mol. The Morgan fingerprint density at radius 2 is 1.78 bits per heavy atom. The van der Waals surface area contributed by atoms with Crippen LogP contribution in [-0.2, 0) is 4.79 Å². The molecule has 2 heterocycles. The number of piperidine rings is 1. The highest BCUT2D eigenvalue weighted by Crippen LogP contribution is 2.31. The number of carbonyl (C=O) groups excluding carboxylic acids is 2. The minimum atomic E-state index is -0.0667. The van der Waals surface area contributed by atoms with E-state index in [0.29, 0.717) is 39.0 Å². The Labute approximate surface area is 193 Å². The summed E-state index contributed by atoms with van der Waals surface area (Å²) < 4.78 is 1.18. The second kappa shape index (κ2) is 9.69. The summed E-state index contributed by atoms with van der Waals surface area (Å²) in [6.07, 6.45) is 1.39. The summed E-state index contributed by atoms with van der Waals surface area (Å²) in [6, 6.07) is 14.2. The Balaban J connectivity index is 1.34. The number of nitrogens with zero attached hydrogens (tertiary/aromatic N) is 3. The van der Waals surface area contributed by atoms with Gasteiger partial charge >= 0.3 is 6.03 Å². The summed E-state index contributed by atoms with van der Waals surface area (Å²) in [5, 5.41) is 4.02. The second-order valence-corrected chi connectivity index (χ2v) is 9.30. The third-order valence-electron chi connectivity index (χ3n) is 6.11. The fraction of sp³-hybridized carbons (Fsp3) is 0.400. The van der Waals surface area contributed by atoms with Crippen molar-refractivity contribution in [2.24, 2.45) is 5.92 Å². The Morgan fingerprint density at radius 1 is 1.09 bits per heavy atom. The maximum atomic E-state index is 12.8. The molecule has 0 spiro atoms. The van der Waals surface area contributed by atoms with Gasteiger partial charge in [-0.3, -0.25) is 4.79 Å². The number of rotatable bonds is 5. The highest BCUT2D eigenvalue weighted by atomic mass is 32.1. The van der Waals surface area contributed by atoms with Crippen molar-refractivity contribution in [1.29, 1.82) is 0 Å². The number of urea groups is 1. The average Bonchev–Trinajstić information content (AvgIpc) is 3.23. The molecular weight excluding hydrogens is 420 g/mol. The zero-order chi connectivity index (χ0) is 22.7. The summed E-state index contributed by atoms with van der Waals surface area (Å²) in [4.78, 5) is 33.7. The van der Waals surface area contributed by atoms with E-state index in [1.165, 1.54) is 10.3 Å². The molecule has 32 heavy (non-hydrogen) atoms. The molecule has 1 N–H and O–H groups in total. The molecule has 0 bridgehead atoms. The molecule has 168 valence electrons. The lowest BCUT2D eigenvalue weighted by Crippen LogP contribution is -2.47. The maximum absolute atomic E-state index is 12.8. The fourth-order valence-electron chi connectivity index (χ4n) is 4.12. The number of aromatic nitrogens is 1. The second-order valence-electron chi connectivity index (χ2n) is 8.27. The van der Waals surface area contributed by atoms with Crippen LogP contribution in [0, 0.1) is 12.8 Å². The first kappa shape index (κ1) is 22.3. The molecule has 1 aliphatic rings. The SMILES string of the molecule is CCN(CC)C(=O)N1CCC(C(=O)Nc2ccc(-c3nc4ccc(C)cc4s3)cc2)CC1. The van der Waals surface area contributed by atoms with Crippen LogP contribution in [-0.4, -0.2) is 52.9 Å². The Bertz CT molecular complexity index is 1100. The van der Waals surface area contributed by atoms with Crippen LogP contribution in [0.2, 0.25) is 0 Å². The number of amides is 3. The molecule has 1 saturated heterocycles. The number of carbonyl (C=O) groups is 2. The van der Waals surface area contributed by atoms with Crippen molar-refractivity contribution in [2.45, 2.75) is 33.6 Å². The molecular formula is C25H30N4O2S. The Hall–Kier alpha value is -2.93. The van der Waals surface area contributed by atoms with Crippen molar-refractivity contribution < 1.29 is 9.59 Å². The van der Waals surface area contributed by atoms with Gasteiger partial charge in [0.15, 0.2) is 0 Å². The highest BCUT2D eigenvalue weighted by Gasteiger charge is 2.28. The van der Waals surface area contributed by atoms with Crippen molar-refractivity contribution in [2.75, 3.05) is 31.5 Å². The van der Waals surface area contributed by atoms with E-state index < -0.39 is 0 Å². The number of benzene rings is 2. The molecule has 1 aromatic heterocycles. The van der Waals surface area contributed by atoms with E-state index in [2.05, 4.69) is 30.4 Å². The topological polar surface area (TPSA) is 65.5 Å². The van der Waals surface area contributed by atoms with Gasteiger partial charge < -0.3 is 15.1 Å². The first-order chi connectivity index (χ1) is 15.5. The summed E-state index contributed by atoms with van der Waals surface area (Å²) in [7, 11) is 0. The number of fused-ring (bicyclic) bond motifs is 1. The molecule has 0 unspecified atom stereocenters. The minimum absolute atomic E-state index is 0.0307. The summed E-state index contributed by atoms with van der Waals surface area (Å²) >= 11 is 1.68. The van der Waals surface area contributed by atoms with E-state index in [4.69, 9.17) is 4.98 Å². The van der Waals surface area contributed by atoms with Crippen molar-refractivity contribution in [3.63, 3.8) is 0 Å². The van der Waals surface area contributed by atoms with E-state index in [0.717, 1.165) is 21.8 Å². The molecule has 0 radical (unpaired) electrons. The number of hydrogen-bond donors (Lipinski definition) is 1. The smallest absolute Gasteiger partial charge is 0.319 e. The van der Waals surface area contributed by atoms with Gasteiger partial charge in [-0.1, -0.05) is 6.07 Å². The van der Waals surface area contributed by atoms with Crippen LogP contribution < -0.4 is 5.32 Å². The lowest BCUT2D eigenvalue weighted by molar-refractivity contribution is -0.121. The van der Waals surface area contributed by atoms with Gasteiger partial charge in [0, 0.05) is 43.3 Å². The molecule has 6 nitrogen and oxygen atoms in total. The van der Waals surface area contributed by atoms with E-state index in [1.54, 1.807) is 11.3 Å². The molecule has 3 amide bonds. The van der Waals surface area contributed by atoms with E-state index in [-0.39, 0.29) is 17.9 Å². The molecule has 0 atom stereocenters. The van der Waals surface area contributed by atoms with Crippen LogP contribution >= 0.6 is 11.3 Å². The van der Waals surface area contributed by atoms with Gasteiger partial charge in [-0.05, 0) is 75.6 Å². The third kappa shape index (κ3) is 4.78. The number of nitrogens with one attached hydrogen (secondary N) is 1. The van der Waals surface area contributed by atoms with Crippen molar-refractivity contribution in [3.8, 4) is 10.6 Å². The van der Waals surface area contributed by atoms with Gasteiger partial charge in [-0.25, -0.2) is 9.78 Å². The van der Waals surface area contributed by atoms with Crippen LogP contribution in [0.15, 0.2) is 42.5 Å². The number of anilines is 1. The van der Waals surface area contributed by atoms with Crippen LogP contribution in [0.3, 0.4) is 0 Å². The van der Waals surface area contributed by atoms with Crippen LogP contribution in [0.25, 0.3) is 20.8 Å². The largest absolute Gasteiger partial charge is 0.326 e. The van der Waals surface area contributed by atoms with E-state index >= 15 is 0 Å². The van der Waals surface area contributed by atoms with Gasteiger partial charge in [-0.15, -0.1) is 11.3 Å². The molecule has 2 aromatic carbocycles. The predicted octanol–water partition coefficient (Wildman–Crippen LogP) is 5.38. The van der Waals surface area contributed by atoms with E-state index in [1.807, 2.05) is 47.9 Å². The summed E-state index contributed by atoms with van der Waals surface area (Å²) in [5.41, 5.74) is 4.08. The number of likely N-dealkylation sites (tertiary alicyclic amines) is 1. The molecule has 0 saturated carbocycles. The molecule has 7 heteroatoms. The summed E-state index contributed by atoms with van der Waals surface area (Å²) in [5.74, 6) is -0.0360. The zero-order valence-corrected chi connectivity index (χ0v) is 19.7. The minimum Gasteiger partial charge on any atom is -0.326 e. The van der Waals surface area contributed by atoms with Crippen molar-refractivity contribution in [3.05, 3.63) is 48.0 Å². The van der Waals surface area contributed by atoms with Gasteiger partial charge in [0.05, 0.1) is 10.2 Å².